The minimum Gasteiger partial charge on any atom is -0.245 e. The Morgan fingerprint density at radius 1 is 0.410 bits per heavy atom. The second kappa shape index (κ2) is 8.83. The Balaban J connectivity index is 1.25. The summed E-state index contributed by atoms with van der Waals surface area (Å²) in [5, 5.41) is 5.62. The van der Waals surface area contributed by atoms with Crippen molar-refractivity contribution in [1.29, 1.82) is 0 Å². The summed E-state index contributed by atoms with van der Waals surface area (Å²) in [6.45, 7) is 0. The molecule has 0 bridgehead atoms. The van der Waals surface area contributed by atoms with Crippen LogP contribution in [0, 0.1) is 0 Å². The number of aromatic nitrogens is 3. The van der Waals surface area contributed by atoms with Crippen molar-refractivity contribution in [3.05, 3.63) is 127 Å². The van der Waals surface area contributed by atoms with E-state index < -0.39 is 0 Å². The Labute approximate surface area is 229 Å². The van der Waals surface area contributed by atoms with Crippen LogP contribution in [0.3, 0.4) is 0 Å². The first-order valence-electron chi connectivity index (χ1n) is 12.9. The zero-order chi connectivity index (χ0) is 25.8. The third kappa shape index (κ3) is 3.85. The van der Waals surface area contributed by atoms with Gasteiger partial charge < -0.3 is 0 Å². The molecule has 8 aromatic rings. The standard InChI is InChI=1S/C35H21N3S/c1-2-7-25-20-27(15-12-22(25)6-1)30-19-17-24-14-13-23-16-18-29(36-33(23)34(24)37-30)26-8-5-9-28(21-26)35-38-31-10-3-4-11-32(31)39-35/h1-21H. The van der Waals surface area contributed by atoms with Crippen molar-refractivity contribution < 1.29 is 0 Å². The van der Waals surface area contributed by atoms with Crippen molar-refractivity contribution in [2.24, 2.45) is 0 Å². The van der Waals surface area contributed by atoms with Gasteiger partial charge in [0.25, 0.3) is 0 Å². The lowest BCUT2D eigenvalue weighted by Gasteiger charge is -2.09. The van der Waals surface area contributed by atoms with Gasteiger partial charge >= 0.3 is 0 Å². The molecule has 0 aliphatic heterocycles. The van der Waals surface area contributed by atoms with Crippen LogP contribution in [0.15, 0.2) is 127 Å². The topological polar surface area (TPSA) is 38.7 Å². The lowest BCUT2D eigenvalue weighted by atomic mass is 10.0. The first-order valence-corrected chi connectivity index (χ1v) is 13.8. The maximum absolute atomic E-state index is 5.16. The predicted octanol–water partition coefficient (Wildman–Crippen LogP) is 9.55. The van der Waals surface area contributed by atoms with E-state index in [1.54, 1.807) is 11.3 Å². The molecular formula is C35H21N3S. The molecule has 0 N–H and O–H groups in total. The zero-order valence-electron chi connectivity index (χ0n) is 20.9. The molecule has 0 unspecified atom stereocenters. The number of thiazole rings is 1. The van der Waals surface area contributed by atoms with Gasteiger partial charge in [-0.05, 0) is 47.2 Å². The Hall–Kier alpha value is -4.93. The highest BCUT2D eigenvalue weighted by molar-refractivity contribution is 7.21. The summed E-state index contributed by atoms with van der Waals surface area (Å²) in [6.07, 6.45) is 0. The van der Waals surface area contributed by atoms with Crippen LogP contribution in [0.25, 0.3) is 75.9 Å². The van der Waals surface area contributed by atoms with Crippen molar-refractivity contribution in [2.75, 3.05) is 0 Å². The lowest BCUT2D eigenvalue weighted by molar-refractivity contribution is 1.37. The van der Waals surface area contributed by atoms with Crippen LogP contribution in [-0.2, 0) is 0 Å². The predicted molar refractivity (Wildman–Crippen MR) is 164 cm³/mol. The maximum Gasteiger partial charge on any atom is 0.124 e. The van der Waals surface area contributed by atoms with E-state index in [-0.39, 0.29) is 0 Å². The molecule has 0 fully saturated rings. The van der Waals surface area contributed by atoms with Crippen LogP contribution in [-0.4, -0.2) is 15.0 Å². The molecule has 182 valence electrons. The largest absolute Gasteiger partial charge is 0.245 e. The van der Waals surface area contributed by atoms with Crippen molar-refractivity contribution in [3.8, 4) is 33.1 Å². The molecule has 0 radical (unpaired) electrons. The molecule has 0 saturated carbocycles. The van der Waals surface area contributed by atoms with Crippen LogP contribution in [0.2, 0.25) is 0 Å². The smallest absolute Gasteiger partial charge is 0.124 e. The Morgan fingerprint density at radius 3 is 1.79 bits per heavy atom. The van der Waals surface area contributed by atoms with Crippen LogP contribution >= 0.6 is 11.3 Å². The molecule has 39 heavy (non-hydrogen) atoms. The summed E-state index contributed by atoms with van der Waals surface area (Å²) >= 11 is 1.72. The first-order chi connectivity index (χ1) is 19.3. The number of hydrogen-bond acceptors (Lipinski definition) is 4. The number of fused-ring (bicyclic) bond motifs is 5. The SMILES string of the molecule is c1cc(-c2ccc3ccc4ccc(-c5ccc6ccccc6c5)nc4c3n2)cc(-c2nc3ccccc3s2)c1. The minimum absolute atomic E-state index is 0.915. The van der Waals surface area contributed by atoms with Crippen molar-refractivity contribution in [2.45, 2.75) is 0 Å². The zero-order valence-corrected chi connectivity index (χ0v) is 21.7. The molecule has 0 atom stereocenters. The summed E-state index contributed by atoms with van der Waals surface area (Å²) in [5.74, 6) is 0. The van der Waals surface area contributed by atoms with E-state index in [2.05, 4.69) is 121 Å². The fraction of sp³-hybridized carbons (Fsp3) is 0. The summed E-state index contributed by atoms with van der Waals surface area (Å²) in [6, 6.07) is 44.5. The lowest BCUT2D eigenvalue weighted by Crippen LogP contribution is -1.91. The molecule has 0 amide bonds. The Bertz CT molecular complexity index is 2160. The van der Waals surface area contributed by atoms with Gasteiger partial charge in [-0.25, -0.2) is 15.0 Å². The van der Waals surface area contributed by atoms with E-state index in [0.717, 1.165) is 60.4 Å². The van der Waals surface area contributed by atoms with E-state index >= 15 is 0 Å². The minimum atomic E-state index is 0.915. The van der Waals surface area contributed by atoms with Crippen LogP contribution in [0.4, 0.5) is 0 Å². The highest BCUT2D eigenvalue weighted by Crippen LogP contribution is 2.34. The molecule has 0 saturated heterocycles. The van der Waals surface area contributed by atoms with Crippen molar-refractivity contribution in [1.82, 2.24) is 15.0 Å². The van der Waals surface area contributed by atoms with Crippen LogP contribution in [0.1, 0.15) is 0 Å². The van der Waals surface area contributed by atoms with Gasteiger partial charge in [0.05, 0.1) is 32.6 Å². The van der Waals surface area contributed by atoms with E-state index in [0.29, 0.717) is 0 Å². The maximum atomic E-state index is 5.16. The van der Waals surface area contributed by atoms with E-state index in [1.165, 1.54) is 15.5 Å². The molecule has 3 aromatic heterocycles. The molecule has 3 nitrogen and oxygen atoms in total. The highest BCUT2D eigenvalue weighted by Gasteiger charge is 2.11. The van der Waals surface area contributed by atoms with Gasteiger partial charge in [0, 0.05) is 27.5 Å². The summed E-state index contributed by atoms with van der Waals surface area (Å²) in [5.41, 5.74) is 8.02. The normalized spacial score (nSPS) is 11.6. The highest BCUT2D eigenvalue weighted by atomic mass is 32.1. The van der Waals surface area contributed by atoms with E-state index in [4.69, 9.17) is 15.0 Å². The fourth-order valence-corrected chi connectivity index (χ4v) is 6.21. The molecule has 5 aromatic carbocycles. The Morgan fingerprint density at radius 2 is 1.03 bits per heavy atom. The van der Waals surface area contributed by atoms with E-state index in [9.17, 15) is 0 Å². The quantitative estimate of drug-likeness (QED) is 0.220. The number of para-hydroxylation sites is 1. The molecule has 0 spiro atoms. The molecule has 0 aliphatic carbocycles. The van der Waals surface area contributed by atoms with Gasteiger partial charge in [0.15, 0.2) is 0 Å². The Kier molecular flexibility index (Phi) is 5.00. The molecule has 0 aliphatic rings. The summed E-state index contributed by atoms with van der Waals surface area (Å²) < 4.78 is 1.20. The molecule has 8 rings (SSSR count). The first kappa shape index (κ1) is 22.1. The summed E-state index contributed by atoms with van der Waals surface area (Å²) in [7, 11) is 0. The van der Waals surface area contributed by atoms with Gasteiger partial charge in [-0.3, -0.25) is 0 Å². The number of pyridine rings is 2. The van der Waals surface area contributed by atoms with E-state index in [1.807, 2.05) is 6.07 Å². The molecule has 3 heterocycles. The van der Waals surface area contributed by atoms with Gasteiger partial charge in [-0.2, -0.15) is 0 Å². The van der Waals surface area contributed by atoms with Crippen LogP contribution < -0.4 is 0 Å². The number of benzene rings is 5. The third-order valence-corrected chi connectivity index (χ3v) is 8.35. The summed E-state index contributed by atoms with van der Waals surface area (Å²) in [4.78, 5) is 15.1. The second-order valence-corrected chi connectivity index (χ2v) is 10.8. The number of rotatable bonds is 3. The number of hydrogen-bond donors (Lipinski definition) is 0. The van der Waals surface area contributed by atoms with Crippen molar-refractivity contribution >= 4 is 54.1 Å². The van der Waals surface area contributed by atoms with Gasteiger partial charge in [0.1, 0.15) is 5.01 Å². The average molecular weight is 516 g/mol. The van der Waals surface area contributed by atoms with Crippen molar-refractivity contribution in [3.63, 3.8) is 0 Å². The number of nitrogens with zero attached hydrogens (tertiary/aromatic N) is 3. The van der Waals surface area contributed by atoms with Crippen LogP contribution in [0.5, 0.6) is 0 Å². The monoisotopic (exact) mass is 515 g/mol. The molecular weight excluding hydrogens is 494 g/mol. The third-order valence-electron chi connectivity index (χ3n) is 7.26. The van der Waals surface area contributed by atoms with Gasteiger partial charge in [-0.15, -0.1) is 11.3 Å². The fourth-order valence-electron chi connectivity index (χ4n) is 5.25. The average Bonchev–Trinajstić information content (AvgIpc) is 3.45. The van der Waals surface area contributed by atoms with Gasteiger partial charge in [-0.1, -0.05) is 91.0 Å². The second-order valence-electron chi connectivity index (χ2n) is 9.73. The van der Waals surface area contributed by atoms with Gasteiger partial charge in [0.2, 0.25) is 0 Å². The molecule has 4 heteroatoms.